The molecule has 2 aliphatic rings. The van der Waals surface area contributed by atoms with Crippen LogP contribution >= 0.6 is 0 Å². The fourth-order valence-corrected chi connectivity index (χ4v) is 3.73. The number of alkyl halides is 3. The Morgan fingerprint density at radius 3 is 2.50 bits per heavy atom. The molecule has 2 N–H and O–H groups in total. The van der Waals surface area contributed by atoms with Gasteiger partial charge in [-0.05, 0) is 18.4 Å². The summed E-state index contributed by atoms with van der Waals surface area (Å²) >= 11 is 0. The first-order chi connectivity index (χ1) is 12.2. The van der Waals surface area contributed by atoms with Gasteiger partial charge in [-0.15, -0.1) is 0 Å². The molecule has 9 heteroatoms. The number of carbonyl (C=O) groups excluding carboxylic acids is 2. The molecule has 0 bridgehead atoms. The summed E-state index contributed by atoms with van der Waals surface area (Å²) in [6.07, 6.45) is -4.12. The van der Waals surface area contributed by atoms with Gasteiger partial charge >= 0.3 is 12.1 Å². The molecule has 1 fully saturated rings. The minimum Gasteiger partial charge on any atom is -0.369 e. The van der Waals surface area contributed by atoms with Crippen LogP contribution in [-0.4, -0.2) is 53.9 Å². The van der Waals surface area contributed by atoms with Crippen LogP contribution in [0, 0.1) is 5.92 Å². The minimum atomic E-state index is -4.94. The maximum absolute atomic E-state index is 13.0. The quantitative estimate of drug-likeness (QED) is 0.859. The molecule has 2 heterocycles. The number of rotatable bonds is 2. The number of hydrogen-bond acceptors (Lipinski definition) is 4. The lowest BCUT2D eigenvalue weighted by Crippen LogP contribution is -2.53. The highest BCUT2D eigenvalue weighted by Gasteiger charge is 2.55. The van der Waals surface area contributed by atoms with E-state index in [-0.39, 0.29) is 19.0 Å². The van der Waals surface area contributed by atoms with Crippen LogP contribution in [0.15, 0.2) is 35.3 Å². The molecule has 140 valence electrons. The SMILES string of the molecule is CN1C(=O)C(c2ccccc2)(C2CCCN(C(=O)C(F)(F)F)C2)N=C1N. The van der Waals surface area contributed by atoms with Crippen molar-refractivity contribution in [1.82, 2.24) is 9.80 Å². The number of carbonyl (C=O) groups is 2. The van der Waals surface area contributed by atoms with Crippen LogP contribution in [0.4, 0.5) is 13.2 Å². The van der Waals surface area contributed by atoms with Crippen molar-refractivity contribution < 1.29 is 22.8 Å². The predicted octanol–water partition coefficient (Wildman–Crippen LogP) is 1.47. The summed E-state index contributed by atoms with van der Waals surface area (Å²) in [4.78, 5) is 31.0. The van der Waals surface area contributed by atoms with Crippen molar-refractivity contribution in [3.63, 3.8) is 0 Å². The van der Waals surface area contributed by atoms with Crippen LogP contribution in [0.25, 0.3) is 0 Å². The number of hydrogen-bond donors (Lipinski definition) is 1. The van der Waals surface area contributed by atoms with Gasteiger partial charge < -0.3 is 10.6 Å². The van der Waals surface area contributed by atoms with E-state index >= 15 is 0 Å². The van der Waals surface area contributed by atoms with Crippen LogP contribution in [0.1, 0.15) is 18.4 Å². The molecule has 3 rings (SSSR count). The van der Waals surface area contributed by atoms with Crippen LogP contribution in [0.2, 0.25) is 0 Å². The Hall–Kier alpha value is -2.58. The van der Waals surface area contributed by atoms with Gasteiger partial charge in [0, 0.05) is 26.1 Å². The first kappa shape index (κ1) is 18.2. The smallest absolute Gasteiger partial charge is 0.369 e. The molecule has 1 aromatic rings. The molecule has 0 spiro atoms. The number of amides is 2. The highest BCUT2D eigenvalue weighted by molar-refractivity contribution is 6.07. The Morgan fingerprint density at radius 2 is 1.96 bits per heavy atom. The van der Waals surface area contributed by atoms with Gasteiger partial charge in [-0.1, -0.05) is 30.3 Å². The standard InChI is InChI=1S/C17H19F3N4O2/c1-23-13(25)16(22-15(23)21,11-6-3-2-4-7-11)12-8-5-9-24(10-12)14(26)17(18,19)20/h2-4,6-7,12H,5,8-10H2,1H3,(H2,21,22). The van der Waals surface area contributed by atoms with E-state index in [4.69, 9.17) is 5.73 Å². The van der Waals surface area contributed by atoms with E-state index in [9.17, 15) is 22.8 Å². The normalized spacial score (nSPS) is 26.8. The molecule has 0 radical (unpaired) electrons. The van der Waals surface area contributed by atoms with E-state index in [2.05, 4.69) is 4.99 Å². The third-order valence-corrected chi connectivity index (χ3v) is 5.02. The number of piperidine rings is 1. The second-order valence-corrected chi connectivity index (χ2v) is 6.55. The molecule has 26 heavy (non-hydrogen) atoms. The Labute approximate surface area is 148 Å². The number of aliphatic imine (C=N–C) groups is 1. The minimum absolute atomic E-state index is 0.00292. The largest absolute Gasteiger partial charge is 0.471 e. The summed E-state index contributed by atoms with van der Waals surface area (Å²) in [6.45, 7) is -0.202. The monoisotopic (exact) mass is 368 g/mol. The molecule has 1 saturated heterocycles. The number of likely N-dealkylation sites (tertiary alicyclic amines) is 1. The molecule has 0 aliphatic carbocycles. The lowest BCUT2D eigenvalue weighted by molar-refractivity contribution is -0.187. The molecule has 1 aromatic carbocycles. The molecular formula is C17H19F3N4O2. The summed E-state index contributed by atoms with van der Waals surface area (Å²) < 4.78 is 38.5. The van der Waals surface area contributed by atoms with E-state index < -0.39 is 29.4 Å². The van der Waals surface area contributed by atoms with Crippen molar-refractivity contribution in [1.29, 1.82) is 0 Å². The zero-order valence-corrected chi connectivity index (χ0v) is 14.2. The van der Waals surface area contributed by atoms with Gasteiger partial charge in [-0.3, -0.25) is 14.5 Å². The molecule has 2 aliphatic heterocycles. The first-order valence-corrected chi connectivity index (χ1v) is 8.23. The summed E-state index contributed by atoms with van der Waals surface area (Å²) in [7, 11) is 1.48. The zero-order chi connectivity index (χ0) is 19.1. The van der Waals surface area contributed by atoms with Crippen molar-refractivity contribution in [2.45, 2.75) is 24.6 Å². The molecule has 2 amide bonds. The second-order valence-electron chi connectivity index (χ2n) is 6.55. The van der Waals surface area contributed by atoms with E-state index in [0.29, 0.717) is 18.4 Å². The average molecular weight is 368 g/mol. The fraction of sp³-hybridized carbons (Fsp3) is 0.471. The molecule has 2 atom stereocenters. The van der Waals surface area contributed by atoms with Gasteiger partial charge in [-0.25, -0.2) is 4.99 Å². The second kappa shape index (κ2) is 6.30. The lowest BCUT2D eigenvalue weighted by Gasteiger charge is -2.40. The van der Waals surface area contributed by atoms with E-state index in [1.165, 1.54) is 11.9 Å². The first-order valence-electron chi connectivity index (χ1n) is 8.23. The predicted molar refractivity (Wildman–Crippen MR) is 87.9 cm³/mol. The highest BCUT2D eigenvalue weighted by atomic mass is 19.4. The number of halogens is 3. The van der Waals surface area contributed by atoms with E-state index in [1.54, 1.807) is 30.3 Å². The van der Waals surface area contributed by atoms with Crippen molar-refractivity contribution in [3.05, 3.63) is 35.9 Å². The molecule has 0 aromatic heterocycles. The number of nitrogens with two attached hydrogens (primary N) is 1. The van der Waals surface area contributed by atoms with E-state index in [0.717, 1.165) is 4.90 Å². The lowest BCUT2D eigenvalue weighted by atomic mass is 9.74. The van der Waals surface area contributed by atoms with Crippen LogP contribution in [0.5, 0.6) is 0 Å². The molecular weight excluding hydrogens is 349 g/mol. The van der Waals surface area contributed by atoms with E-state index in [1.807, 2.05) is 0 Å². The average Bonchev–Trinajstić information content (AvgIpc) is 2.86. The maximum atomic E-state index is 13.0. The molecule has 2 unspecified atom stereocenters. The number of nitrogens with zero attached hydrogens (tertiary/aromatic N) is 3. The molecule has 6 nitrogen and oxygen atoms in total. The highest BCUT2D eigenvalue weighted by Crippen LogP contribution is 2.43. The number of benzene rings is 1. The topological polar surface area (TPSA) is 79.0 Å². The number of likely N-dealkylation sites (N-methyl/N-ethyl adjacent to an activating group) is 1. The third-order valence-electron chi connectivity index (χ3n) is 5.02. The van der Waals surface area contributed by atoms with Gasteiger partial charge in [0.05, 0.1) is 0 Å². The Bertz CT molecular complexity index is 750. The third kappa shape index (κ3) is 2.81. The van der Waals surface area contributed by atoms with Gasteiger partial charge in [0.2, 0.25) is 0 Å². The molecule has 0 saturated carbocycles. The Morgan fingerprint density at radius 1 is 1.31 bits per heavy atom. The fourth-order valence-electron chi connectivity index (χ4n) is 3.73. The van der Waals surface area contributed by atoms with Crippen molar-refractivity contribution >= 4 is 17.8 Å². The van der Waals surface area contributed by atoms with Crippen molar-refractivity contribution in [2.75, 3.05) is 20.1 Å². The van der Waals surface area contributed by atoms with Crippen molar-refractivity contribution in [2.24, 2.45) is 16.6 Å². The Kier molecular flexibility index (Phi) is 4.41. The zero-order valence-electron chi connectivity index (χ0n) is 14.2. The Balaban J connectivity index is 2.02. The summed E-state index contributed by atoms with van der Waals surface area (Å²) in [5, 5.41) is 0. The van der Waals surface area contributed by atoms with Gasteiger partial charge in [0.25, 0.3) is 5.91 Å². The van der Waals surface area contributed by atoms with Crippen LogP contribution in [-0.2, 0) is 15.1 Å². The van der Waals surface area contributed by atoms with Gasteiger partial charge in [0.15, 0.2) is 11.5 Å². The van der Waals surface area contributed by atoms with Gasteiger partial charge in [0.1, 0.15) is 0 Å². The van der Waals surface area contributed by atoms with Crippen LogP contribution in [0.3, 0.4) is 0 Å². The summed E-state index contributed by atoms with van der Waals surface area (Å²) in [5.41, 5.74) is 4.99. The maximum Gasteiger partial charge on any atom is 0.471 e. The number of guanidine groups is 1. The summed E-state index contributed by atoms with van der Waals surface area (Å²) in [5.74, 6) is -2.87. The van der Waals surface area contributed by atoms with Crippen molar-refractivity contribution in [3.8, 4) is 0 Å². The summed E-state index contributed by atoms with van der Waals surface area (Å²) in [6, 6.07) is 8.65. The van der Waals surface area contributed by atoms with Crippen LogP contribution < -0.4 is 5.73 Å². The van der Waals surface area contributed by atoms with Gasteiger partial charge in [-0.2, -0.15) is 13.2 Å².